The number of aryl methyl sites for hydroxylation is 1. The van der Waals surface area contributed by atoms with Gasteiger partial charge < -0.3 is 14.7 Å². The number of nitrogens with zero attached hydrogens (tertiary/aromatic N) is 2. The number of carbonyl (C=O) groups is 1. The molecule has 1 fully saturated rings. The third-order valence-electron chi connectivity index (χ3n) is 4.49. The summed E-state index contributed by atoms with van der Waals surface area (Å²) in [5.74, 6) is 0.531. The number of benzene rings is 1. The summed E-state index contributed by atoms with van der Waals surface area (Å²) in [5, 5.41) is 13.0. The average Bonchev–Trinajstić information content (AvgIpc) is 3.07. The zero-order valence-corrected chi connectivity index (χ0v) is 14.8. The quantitative estimate of drug-likeness (QED) is 0.857. The van der Waals surface area contributed by atoms with Crippen molar-refractivity contribution >= 4 is 22.4 Å². The Balaban J connectivity index is 1.67. The number of piperidine rings is 1. The number of ether oxygens (including phenoxy) is 1. The summed E-state index contributed by atoms with van der Waals surface area (Å²) in [5.41, 5.74) is 2.69. The van der Waals surface area contributed by atoms with Crippen molar-refractivity contribution in [2.75, 3.05) is 25.1 Å². The number of aromatic nitrogens is 1. The molecule has 1 aliphatic heterocycles. The van der Waals surface area contributed by atoms with Crippen LogP contribution in [-0.2, 0) is 9.53 Å². The second kappa shape index (κ2) is 7.21. The zero-order valence-electron chi connectivity index (χ0n) is 14.0. The molecule has 2 heterocycles. The third kappa shape index (κ3) is 3.70. The highest BCUT2D eigenvalue weighted by molar-refractivity contribution is 7.14. The highest BCUT2D eigenvalue weighted by Gasteiger charge is 2.23. The molecule has 1 N–H and O–H groups in total. The Labute approximate surface area is 145 Å². The largest absolute Gasteiger partial charge is 0.507 e. The number of hydrogen-bond donors (Lipinski definition) is 1. The van der Waals surface area contributed by atoms with Crippen LogP contribution in [0.15, 0.2) is 23.6 Å². The van der Waals surface area contributed by atoms with Gasteiger partial charge in [-0.05, 0) is 37.8 Å². The fourth-order valence-corrected chi connectivity index (χ4v) is 3.92. The second-order valence-corrected chi connectivity index (χ2v) is 7.08. The summed E-state index contributed by atoms with van der Waals surface area (Å²) >= 11 is 1.60. The summed E-state index contributed by atoms with van der Waals surface area (Å²) in [6, 6.07) is 5.55. The van der Waals surface area contributed by atoms with Crippen molar-refractivity contribution in [3.63, 3.8) is 0 Å². The van der Waals surface area contributed by atoms with Crippen molar-refractivity contribution in [2.24, 2.45) is 5.92 Å². The topological polar surface area (TPSA) is 62.7 Å². The lowest BCUT2D eigenvalue weighted by molar-refractivity contribution is -0.141. The first-order chi connectivity index (χ1) is 11.6. The van der Waals surface area contributed by atoms with E-state index in [9.17, 15) is 9.90 Å². The zero-order chi connectivity index (χ0) is 17.1. The SMILES string of the molecule is COC(=O)CC1CCN(c2nc(-c3cc(C)ccc3O)cs2)CC1. The van der Waals surface area contributed by atoms with Gasteiger partial charge in [-0.1, -0.05) is 11.6 Å². The summed E-state index contributed by atoms with van der Waals surface area (Å²) in [6.07, 6.45) is 2.45. The maximum Gasteiger partial charge on any atom is 0.305 e. The molecule has 24 heavy (non-hydrogen) atoms. The van der Waals surface area contributed by atoms with Gasteiger partial charge in [0.2, 0.25) is 0 Å². The van der Waals surface area contributed by atoms with Gasteiger partial charge in [-0.3, -0.25) is 4.79 Å². The first-order valence-electron chi connectivity index (χ1n) is 8.14. The number of carbonyl (C=O) groups excluding carboxylic acids is 1. The van der Waals surface area contributed by atoms with Crippen LogP contribution in [0, 0.1) is 12.8 Å². The molecule has 0 saturated carbocycles. The number of methoxy groups -OCH3 is 1. The molecule has 1 saturated heterocycles. The van der Waals surface area contributed by atoms with Crippen molar-refractivity contribution in [2.45, 2.75) is 26.2 Å². The molecular weight excluding hydrogens is 324 g/mol. The van der Waals surface area contributed by atoms with E-state index in [0.717, 1.165) is 47.9 Å². The molecule has 1 aliphatic rings. The van der Waals surface area contributed by atoms with E-state index >= 15 is 0 Å². The fourth-order valence-electron chi connectivity index (χ4n) is 3.04. The number of anilines is 1. The van der Waals surface area contributed by atoms with E-state index in [1.807, 2.05) is 24.4 Å². The fraction of sp³-hybridized carbons (Fsp3) is 0.444. The number of phenols is 1. The van der Waals surface area contributed by atoms with Crippen LogP contribution in [0.4, 0.5) is 5.13 Å². The number of aromatic hydroxyl groups is 1. The van der Waals surface area contributed by atoms with Crippen LogP contribution in [-0.4, -0.2) is 36.3 Å². The summed E-state index contributed by atoms with van der Waals surface area (Å²) in [7, 11) is 1.44. The van der Waals surface area contributed by atoms with Crippen molar-refractivity contribution in [1.82, 2.24) is 4.98 Å². The molecule has 0 aliphatic carbocycles. The minimum Gasteiger partial charge on any atom is -0.507 e. The Morgan fingerprint density at radius 3 is 2.88 bits per heavy atom. The number of hydrogen-bond acceptors (Lipinski definition) is 6. The standard InChI is InChI=1S/C18H22N2O3S/c1-12-3-4-16(21)14(9-12)15-11-24-18(19-15)20-7-5-13(6-8-20)10-17(22)23-2/h3-4,9,11,13,21H,5-8,10H2,1-2H3. The maximum atomic E-state index is 11.4. The van der Waals surface area contributed by atoms with Gasteiger partial charge in [0.05, 0.1) is 12.8 Å². The minimum atomic E-state index is -0.125. The van der Waals surface area contributed by atoms with Gasteiger partial charge in [-0.25, -0.2) is 4.98 Å². The normalized spacial score (nSPS) is 15.5. The van der Waals surface area contributed by atoms with Crippen molar-refractivity contribution in [1.29, 1.82) is 0 Å². The Hall–Kier alpha value is -2.08. The third-order valence-corrected chi connectivity index (χ3v) is 5.39. The predicted molar refractivity (Wildman–Crippen MR) is 95.5 cm³/mol. The first kappa shape index (κ1) is 16.8. The van der Waals surface area contributed by atoms with Crippen LogP contribution >= 0.6 is 11.3 Å². The smallest absolute Gasteiger partial charge is 0.305 e. The van der Waals surface area contributed by atoms with Crippen LogP contribution in [0.1, 0.15) is 24.8 Å². The Morgan fingerprint density at radius 1 is 1.42 bits per heavy atom. The molecular formula is C18H22N2O3S. The lowest BCUT2D eigenvalue weighted by Gasteiger charge is -2.31. The number of rotatable bonds is 4. The second-order valence-electron chi connectivity index (χ2n) is 6.25. The van der Waals surface area contributed by atoms with Crippen molar-refractivity contribution in [3.05, 3.63) is 29.1 Å². The molecule has 1 aromatic carbocycles. The first-order valence-corrected chi connectivity index (χ1v) is 9.02. The van der Waals surface area contributed by atoms with E-state index in [-0.39, 0.29) is 11.7 Å². The Morgan fingerprint density at radius 2 is 2.17 bits per heavy atom. The molecule has 0 unspecified atom stereocenters. The van der Waals surface area contributed by atoms with E-state index in [0.29, 0.717) is 12.3 Å². The molecule has 0 amide bonds. The Bertz CT molecular complexity index is 721. The molecule has 0 radical (unpaired) electrons. The van der Waals surface area contributed by atoms with Crippen LogP contribution < -0.4 is 4.90 Å². The molecule has 3 rings (SSSR count). The molecule has 128 valence electrons. The van der Waals surface area contributed by atoms with Crippen LogP contribution in [0.2, 0.25) is 0 Å². The lowest BCUT2D eigenvalue weighted by Crippen LogP contribution is -2.34. The van der Waals surface area contributed by atoms with Gasteiger partial charge in [0.25, 0.3) is 0 Å². The summed E-state index contributed by atoms with van der Waals surface area (Å²) in [4.78, 5) is 18.3. The molecule has 5 nitrogen and oxygen atoms in total. The van der Waals surface area contributed by atoms with E-state index in [1.165, 1.54) is 7.11 Å². The van der Waals surface area contributed by atoms with Crippen LogP contribution in [0.25, 0.3) is 11.3 Å². The van der Waals surface area contributed by atoms with Crippen molar-refractivity contribution in [3.8, 4) is 17.0 Å². The van der Waals surface area contributed by atoms with Gasteiger partial charge in [0, 0.05) is 30.5 Å². The van der Waals surface area contributed by atoms with Gasteiger partial charge in [0.15, 0.2) is 5.13 Å². The molecule has 0 bridgehead atoms. The molecule has 0 atom stereocenters. The maximum absolute atomic E-state index is 11.4. The van der Waals surface area contributed by atoms with E-state index in [2.05, 4.69) is 4.90 Å². The minimum absolute atomic E-state index is 0.125. The van der Waals surface area contributed by atoms with Crippen LogP contribution in [0.3, 0.4) is 0 Å². The van der Waals surface area contributed by atoms with Gasteiger partial charge in [-0.2, -0.15) is 0 Å². The van der Waals surface area contributed by atoms with E-state index < -0.39 is 0 Å². The summed E-state index contributed by atoms with van der Waals surface area (Å²) in [6.45, 7) is 3.80. The average molecular weight is 346 g/mol. The van der Waals surface area contributed by atoms with Gasteiger partial charge in [-0.15, -0.1) is 11.3 Å². The highest BCUT2D eigenvalue weighted by atomic mass is 32.1. The van der Waals surface area contributed by atoms with Crippen molar-refractivity contribution < 1.29 is 14.6 Å². The molecule has 0 spiro atoms. The molecule has 1 aromatic heterocycles. The van der Waals surface area contributed by atoms with Gasteiger partial charge >= 0.3 is 5.97 Å². The van der Waals surface area contributed by atoms with Gasteiger partial charge in [0.1, 0.15) is 5.75 Å². The predicted octanol–water partition coefficient (Wildman–Crippen LogP) is 3.60. The monoisotopic (exact) mass is 346 g/mol. The number of esters is 1. The van der Waals surface area contributed by atoms with E-state index in [4.69, 9.17) is 9.72 Å². The summed E-state index contributed by atoms with van der Waals surface area (Å²) < 4.78 is 4.75. The number of phenolic OH excluding ortho intramolecular Hbond substituents is 1. The van der Waals surface area contributed by atoms with E-state index in [1.54, 1.807) is 17.4 Å². The Kier molecular flexibility index (Phi) is 5.04. The molecule has 2 aromatic rings. The highest BCUT2D eigenvalue weighted by Crippen LogP contribution is 2.34. The van der Waals surface area contributed by atoms with Crippen LogP contribution in [0.5, 0.6) is 5.75 Å². The number of thiazole rings is 1. The lowest BCUT2D eigenvalue weighted by atomic mass is 9.94. The molecule has 6 heteroatoms.